The van der Waals surface area contributed by atoms with Crippen LogP contribution in [0.3, 0.4) is 0 Å². The minimum Gasteiger partial charge on any atom is -0.495 e. The van der Waals surface area contributed by atoms with Crippen molar-refractivity contribution in [1.29, 1.82) is 0 Å². The van der Waals surface area contributed by atoms with E-state index in [2.05, 4.69) is 0 Å². The normalized spacial score (nSPS) is 18.6. The van der Waals surface area contributed by atoms with Crippen LogP contribution in [-0.4, -0.2) is 11.7 Å². The molecule has 0 spiro atoms. The summed E-state index contributed by atoms with van der Waals surface area (Å²) >= 11 is 0. The third kappa shape index (κ3) is 1.82. The summed E-state index contributed by atoms with van der Waals surface area (Å²) in [4.78, 5) is 0. The second-order valence-corrected chi connectivity index (χ2v) is 3.45. The average Bonchev–Trinajstić information content (AvgIpc) is 2.65. The Hall–Kier alpha value is -1.22. The van der Waals surface area contributed by atoms with Crippen LogP contribution in [0.25, 0.3) is 0 Å². The molecule has 1 N–H and O–H groups in total. The van der Waals surface area contributed by atoms with Crippen LogP contribution < -0.4 is 0 Å². The standard InChI is InChI=1S/C11H14O3/c1-8-5-6-10(14-8)11(12)9-4-2-3-7-13-9/h4-6,11-12H,2-3,7H2,1H3. The lowest BCUT2D eigenvalue weighted by Gasteiger charge is -2.18. The number of aryl methyl sites for hydroxylation is 1. The quantitative estimate of drug-likeness (QED) is 0.785. The monoisotopic (exact) mass is 194 g/mol. The molecule has 1 atom stereocenters. The highest BCUT2D eigenvalue weighted by molar-refractivity contribution is 5.16. The van der Waals surface area contributed by atoms with Crippen LogP contribution in [0.2, 0.25) is 0 Å². The Labute approximate surface area is 83.0 Å². The maximum absolute atomic E-state index is 9.87. The van der Waals surface area contributed by atoms with Crippen molar-refractivity contribution < 1.29 is 14.3 Å². The maximum Gasteiger partial charge on any atom is 0.168 e. The molecule has 1 aliphatic rings. The fourth-order valence-electron chi connectivity index (χ4n) is 1.51. The van der Waals surface area contributed by atoms with Crippen molar-refractivity contribution in [2.24, 2.45) is 0 Å². The van der Waals surface area contributed by atoms with E-state index in [0.29, 0.717) is 18.1 Å². The molecule has 0 amide bonds. The molecule has 1 aliphatic heterocycles. The predicted octanol–water partition coefficient (Wildman–Crippen LogP) is 2.32. The lowest BCUT2D eigenvalue weighted by molar-refractivity contribution is 0.0783. The van der Waals surface area contributed by atoms with Crippen molar-refractivity contribution in [3.8, 4) is 0 Å². The highest BCUT2D eigenvalue weighted by Crippen LogP contribution is 2.26. The van der Waals surface area contributed by atoms with Crippen molar-refractivity contribution >= 4 is 0 Å². The summed E-state index contributed by atoms with van der Waals surface area (Å²) < 4.78 is 10.7. The molecular weight excluding hydrogens is 180 g/mol. The number of hydrogen-bond donors (Lipinski definition) is 1. The zero-order valence-corrected chi connectivity index (χ0v) is 8.19. The zero-order chi connectivity index (χ0) is 9.97. The van der Waals surface area contributed by atoms with Gasteiger partial charge in [-0.05, 0) is 38.0 Å². The summed E-state index contributed by atoms with van der Waals surface area (Å²) in [6, 6.07) is 3.61. The van der Waals surface area contributed by atoms with E-state index in [-0.39, 0.29) is 0 Å². The van der Waals surface area contributed by atoms with Crippen molar-refractivity contribution in [3.05, 3.63) is 35.5 Å². The second kappa shape index (κ2) is 3.88. The summed E-state index contributed by atoms with van der Waals surface area (Å²) in [5.74, 6) is 1.97. The molecule has 0 saturated heterocycles. The van der Waals surface area contributed by atoms with E-state index < -0.39 is 6.10 Å². The Morgan fingerprint density at radius 2 is 2.29 bits per heavy atom. The van der Waals surface area contributed by atoms with Gasteiger partial charge >= 0.3 is 0 Å². The van der Waals surface area contributed by atoms with Gasteiger partial charge in [0.15, 0.2) is 6.10 Å². The third-order valence-electron chi connectivity index (χ3n) is 2.26. The number of allylic oxidation sites excluding steroid dienone is 1. The van der Waals surface area contributed by atoms with Crippen LogP contribution in [0.15, 0.2) is 28.4 Å². The summed E-state index contributed by atoms with van der Waals surface area (Å²) in [6.45, 7) is 2.54. The molecule has 3 nitrogen and oxygen atoms in total. The molecule has 3 heteroatoms. The van der Waals surface area contributed by atoms with E-state index >= 15 is 0 Å². The fourth-order valence-corrected chi connectivity index (χ4v) is 1.51. The number of ether oxygens (including phenoxy) is 1. The molecule has 2 heterocycles. The van der Waals surface area contributed by atoms with Gasteiger partial charge in [0.05, 0.1) is 6.61 Å². The molecule has 1 aromatic rings. The first kappa shape index (κ1) is 9.34. The fraction of sp³-hybridized carbons (Fsp3) is 0.455. The van der Waals surface area contributed by atoms with Crippen LogP contribution in [-0.2, 0) is 4.74 Å². The molecule has 0 saturated carbocycles. The van der Waals surface area contributed by atoms with Crippen molar-refractivity contribution in [2.45, 2.75) is 25.9 Å². The summed E-state index contributed by atoms with van der Waals surface area (Å²) in [5.41, 5.74) is 0. The van der Waals surface area contributed by atoms with Crippen molar-refractivity contribution in [1.82, 2.24) is 0 Å². The predicted molar refractivity (Wildman–Crippen MR) is 51.7 cm³/mol. The SMILES string of the molecule is Cc1ccc(C(O)C2=CCCCO2)o1. The number of rotatable bonds is 2. The first-order valence-electron chi connectivity index (χ1n) is 4.84. The first-order chi connectivity index (χ1) is 6.77. The second-order valence-electron chi connectivity index (χ2n) is 3.45. The van der Waals surface area contributed by atoms with Gasteiger partial charge in [0.1, 0.15) is 17.3 Å². The Morgan fingerprint density at radius 3 is 2.86 bits per heavy atom. The highest BCUT2D eigenvalue weighted by Gasteiger charge is 2.19. The molecule has 2 rings (SSSR count). The Kier molecular flexibility index (Phi) is 2.59. The van der Waals surface area contributed by atoms with Gasteiger partial charge in [-0.3, -0.25) is 0 Å². The molecular formula is C11H14O3. The molecule has 76 valence electrons. The smallest absolute Gasteiger partial charge is 0.168 e. The van der Waals surface area contributed by atoms with Crippen LogP contribution in [0.5, 0.6) is 0 Å². The number of furan rings is 1. The minimum atomic E-state index is -0.746. The van der Waals surface area contributed by atoms with Crippen LogP contribution in [0.4, 0.5) is 0 Å². The first-order valence-corrected chi connectivity index (χ1v) is 4.84. The van der Waals surface area contributed by atoms with E-state index in [1.54, 1.807) is 6.07 Å². The topological polar surface area (TPSA) is 42.6 Å². The highest BCUT2D eigenvalue weighted by atomic mass is 16.5. The molecule has 1 aromatic heterocycles. The van der Waals surface area contributed by atoms with Crippen molar-refractivity contribution in [3.63, 3.8) is 0 Å². The van der Waals surface area contributed by atoms with Gasteiger partial charge in [-0.1, -0.05) is 0 Å². The van der Waals surface area contributed by atoms with Crippen LogP contribution in [0.1, 0.15) is 30.5 Å². The average molecular weight is 194 g/mol. The Morgan fingerprint density at radius 1 is 1.43 bits per heavy atom. The third-order valence-corrected chi connectivity index (χ3v) is 2.26. The molecule has 0 radical (unpaired) electrons. The summed E-state index contributed by atoms with van der Waals surface area (Å²) in [6.07, 6.45) is 3.16. The van der Waals surface area contributed by atoms with Crippen molar-refractivity contribution in [2.75, 3.05) is 6.61 Å². The van der Waals surface area contributed by atoms with Gasteiger partial charge in [0.25, 0.3) is 0 Å². The largest absolute Gasteiger partial charge is 0.495 e. The van der Waals surface area contributed by atoms with Gasteiger partial charge in [-0.25, -0.2) is 0 Å². The lowest BCUT2D eigenvalue weighted by atomic mass is 10.1. The molecule has 0 aliphatic carbocycles. The number of aliphatic hydroxyl groups excluding tert-OH is 1. The number of hydrogen-bond acceptors (Lipinski definition) is 3. The van der Waals surface area contributed by atoms with Gasteiger partial charge in [-0.2, -0.15) is 0 Å². The van der Waals surface area contributed by atoms with E-state index in [1.807, 2.05) is 19.1 Å². The van der Waals surface area contributed by atoms with Gasteiger partial charge < -0.3 is 14.3 Å². The Balaban J connectivity index is 2.14. The summed E-state index contributed by atoms with van der Waals surface area (Å²) in [7, 11) is 0. The molecule has 1 unspecified atom stereocenters. The molecule has 14 heavy (non-hydrogen) atoms. The van der Waals surface area contributed by atoms with E-state index in [9.17, 15) is 5.11 Å². The Bertz CT molecular complexity index is 338. The zero-order valence-electron chi connectivity index (χ0n) is 8.19. The van der Waals surface area contributed by atoms with E-state index in [0.717, 1.165) is 18.6 Å². The minimum absolute atomic E-state index is 0.552. The van der Waals surface area contributed by atoms with Crippen LogP contribution in [0, 0.1) is 6.92 Å². The van der Waals surface area contributed by atoms with E-state index in [4.69, 9.17) is 9.15 Å². The van der Waals surface area contributed by atoms with Gasteiger partial charge in [0, 0.05) is 0 Å². The van der Waals surface area contributed by atoms with Gasteiger partial charge in [0.2, 0.25) is 0 Å². The van der Waals surface area contributed by atoms with E-state index in [1.165, 1.54) is 0 Å². The number of aliphatic hydroxyl groups is 1. The molecule has 0 fully saturated rings. The molecule has 0 aromatic carbocycles. The maximum atomic E-state index is 9.87. The lowest BCUT2D eigenvalue weighted by Crippen LogP contribution is -2.09. The van der Waals surface area contributed by atoms with Crippen LogP contribution >= 0.6 is 0 Å². The summed E-state index contributed by atoms with van der Waals surface area (Å²) in [5, 5.41) is 9.87. The van der Waals surface area contributed by atoms with Gasteiger partial charge in [-0.15, -0.1) is 0 Å². The molecule has 0 bridgehead atoms.